The molecular weight excluding hydrogens is 369 g/mol. The lowest BCUT2D eigenvalue weighted by Crippen LogP contribution is -2.34. The Morgan fingerprint density at radius 3 is 2.54 bits per heavy atom. The third-order valence-corrected chi connectivity index (χ3v) is 6.31. The molecule has 3 aliphatic rings. The van der Waals surface area contributed by atoms with Gasteiger partial charge in [0.25, 0.3) is 0 Å². The van der Waals surface area contributed by atoms with E-state index in [0.717, 1.165) is 39.1 Å². The maximum absolute atomic E-state index is 12.9. The second kappa shape index (κ2) is 8.81. The quantitative estimate of drug-likeness (QED) is 0.841. The van der Waals surface area contributed by atoms with Gasteiger partial charge in [0, 0.05) is 38.3 Å². The molecule has 1 aliphatic carbocycles. The first-order valence-corrected chi connectivity index (χ1v) is 9.48. The van der Waals surface area contributed by atoms with Crippen molar-refractivity contribution in [1.29, 1.82) is 0 Å². The predicted molar refractivity (Wildman–Crippen MR) is 112 cm³/mol. The lowest BCUT2D eigenvalue weighted by molar-refractivity contribution is -0.132. The van der Waals surface area contributed by atoms with Crippen molar-refractivity contribution in [3.8, 4) is 0 Å². The second-order valence-electron chi connectivity index (χ2n) is 7.89. The Morgan fingerprint density at radius 1 is 1.19 bits per heavy atom. The van der Waals surface area contributed by atoms with E-state index in [9.17, 15) is 4.79 Å². The molecule has 4 nitrogen and oxygen atoms in total. The highest BCUT2D eigenvalue weighted by molar-refractivity contribution is 5.85. The highest BCUT2D eigenvalue weighted by Crippen LogP contribution is 2.59. The van der Waals surface area contributed by atoms with Gasteiger partial charge in [-0.2, -0.15) is 0 Å². The summed E-state index contributed by atoms with van der Waals surface area (Å²) in [6, 6.07) is 8.61. The molecule has 1 amide bonds. The summed E-state index contributed by atoms with van der Waals surface area (Å²) in [6.07, 6.45) is 6.00. The average Bonchev–Trinajstić information content (AvgIpc) is 3.05. The molecule has 4 rings (SSSR count). The minimum absolute atomic E-state index is 0. The zero-order valence-corrected chi connectivity index (χ0v) is 17.2. The minimum Gasteiger partial charge on any atom is -0.371 e. The van der Waals surface area contributed by atoms with Gasteiger partial charge in [0.15, 0.2) is 0 Å². The molecule has 26 heavy (non-hydrogen) atoms. The average molecular weight is 400 g/mol. The number of rotatable bonds is 4. The smallest absolute Gasteiger partial charge is 0.226 e. The van der Waals surface area contributed by atoms with Crippen LogP contribution in [0.3, 0.4) is 0 Å². The van der Waals surface area contributed by atoms with E-state index in [0.29, 0.717) is 11.3 Å². The largest absolute Gasteiger partial charge is 0.371 e. The fourth-order valence-corrected chi connectivity index (χ4v) is 4.68. The fraction of sp³-hybridized carbons (Fsp3) is 0.650. The Balaban J connectivity index is 0.00000121. The van der Waals surface area contributed by atoms with Crippen molar-refractivity contribution >= 4 is 36.4 Å². The van der Waals surface area contributed by atoms with Crippen LogP contribution >= 0.6 is 24.8 Å². The molecule has 6 heteroatoms. The van der Waals surface area contributed by atoms with Gasteiger partial charge in [0.1, 0.15) is 0 Å². The monoisotopic (exact) mass is 399 g/mol. The fourth-order valence-electron chi connectivity index (χ4n) is 4.68. The summed E-state index contributed by atoms with van der Waals surface area (Å²) < 4.78 is 0. The van der Waals surface area contributed by atoms with Crippen LogP contribution in [0, 0.1) is 11.3 Å². The Kier molecular flexibility index (Phi) is 7.23. The number of hydrogen-bond donors (Lipinski definition) is 1. The van der Waals surface area contributed by atoms with Crippen molar-refractivity contribution in [1.82, 2.24) is 10.2 Å². The highest BCUT2D eigenvalue weighted by atomic mass is 35.5. The van der Waals surface area contributed by atoms with Crippen LogP contribution in [0.2, 0.25) is 0 Å². The Bertz CT molecular complexity index is 613. The number of para-hydroxylation sites is 1. The lowest BCUT2D eigenvalue weighted by atomic mass is 9.91. The molecule has 1 unspecified atom stereocenters. The third kappa shape index (κ3) is 4.13. The molecule has 1 aromatic carbocycles. The highest BCUT2D eigenvalue weighted by Gasteiger charge is 2.58. The molecule has 1 atom stereocenters. The van der Waals surface area contributed by atoms with Gasteiger partial charge in [-0.1, -0.05) is 18.2 Å². The molecule has 1 N–H and O–H groups in total. The van der Waals surface area contributed by atoms with Gasteiger partial charge in [-0.25, -0.2) is 0 Å². The second-order valence-corrected chi connectivity index (χ2v) is 7.89. The summed E-state index contributed by atoms with van der Waals surface area (Å²) >= 11 is 0. The predicted octanol–water partition coefficient (Wildman–Crippen LogP) is 3.48. The molecular formula is C20H31Cl2N3O. The molecule has 146 valence electrons. The van der Waals surface area contributed by atoms with Crippen LogP contribution in [0.4, 0.5) is 5.69 Å². The van der Waals surface area contributed by atoms with Gasteiger partial charge in [-0.3, -0.25) is 4.79 Å². The normalized spacial score (nSPS) is 23.1. The van der Waals surface area contributed by atoms with Gasteiger partial charge in [-0.05, 0) is 62.2 Å². The van der Waals surface area contributed by atoms with E-state index < -0.39 is 0 Å². The topological polar surface area (TPSA) is 35.6 Å². The summed E-state index contributed by atoms with van der Waals surface area (Å²) in [6.45, 7) is 5.17. The van der Waals surface area contributed by atoms with Crippen molar-refractivity contribution in [2.45, 2.75) is 38.6 Å². The number of nitrogens with one attached hydrogen (secondary N) is 1. The Hall–Kier alpha value is -0.970. The zero-order valence-electron chi connectivity index (χ0n) is 15.6. The maximum Gasteiger partial charge on any atom is 0.226 e. The summed E-state index contributed by atoms with van der Waals surface area (Å²) in [5.74, 6) is 0.622. The van der Waals surface area contributed by atoms with E-state index in [1.54, 1.807) is 0 Å². The van der Waals surface area contributed by atoms with E-state index in [1.165, 1.54) is 36.9 Å². The number of carbonyl (C=O) groups is 1. The van der Waals surface area contributed by atoms with Crippen LogP contribution in [0.5, 0.6) is 0 Å². The first kappa shape index (κ1) is 21.3. The minimum atomic E-state index is 0. The number of nitrogens with zero attached hydrogens (tertiary/aromatic N) is 2. The van der Waals surface area contributed by atoms with Crippen LogP contribution < -0.4 is 10.2 Å². The molecule has 0 bridgehead atoms. The number of piperidine rings is 1. The van der Waals surface area contributed by atoms with Gasteiger partial charge in [-0.15, -0.1) is 24.8 Å². The first-order valence-electron chi connectivity index (χ1n) is 9.48. The SMILES string of the molecule is CN(Cc1ccccc1N1CCCC1)C(=O)C1CC12CCNCC2.Cl.Cl. The first-order chi connectivity index (χ1) is 11.7. The molecule has 1 aromatic rings. The molecule has 2 aliphatic heterocycles. The zero-order chi connectivity index (χ0) is 16.6. The van der Waals surface area contributed by atoms with Gasteiger partial charge < -0.3 is 15.1 Å². The molecule has 2 heterocycles. The van der Waals surface area contributed by atoms with Gasteiger partial charge in [0.05, 0.1) is 0 Å². The third-order valence-electron chi connectivity index (χ3n) is 6.31. The van der Waals surface area contributed by atoms with Crippen LogP contribution in [-0.4, -0.2) is 44.0 Å². The van der Waals surface area contributed by atoms with E-state index in [2.05, 4.69) is 34.5 Å². The van der Waals surface area contributed by atoms with Crippen molar-refractivity contribution in [3.63, 3.8) is 0 Å². The van der Waals surface area contributed by atoms with Crippen molar-refractivity contribution in [3.05, 3.63) is 29.8 Å². The number of carbonyl (C=O) groups excluding carboxylic acids is 1. The van der Waals surface area contributed by atoms with Crippen LogP contribution in [0.25, 0.3) is 0 Å². The number of hydrogen-bond acceptors (Lipinski definition) is 3. The van der Waals surface area contributed by atoms with Crippen molar-refractivity contribution < 1.29 is 4.79 Å². The molecule has 3 fully saturated rings. The van der Waals surface area contributed by atoms with E-state index >= 15 is 0 Å². The number of halogens is 2. The van der Waals surface area contributed by atoms with Crippen LogP contribution in [0.15, 0.2) is 24.3 Å². The Labute approximate surface area is 169 Å². The Morgan fingerprint density at radius 2 is 1.85 bits per heavy atom. The maximum atomic E-state index is 12.9. The number of anilines is 1. The number of amides is 1. The summed E-state index contributed by atoms with van der Waals surface area (Å²) in [4.78, 5) is 17.3. The molecule has 1 saturated carbocycles. The van der Waals surface area contributed by atoms with Crippen molar-refractivity contribution in [2.75, 3.05) is 38.1 Å². The summed E-state index contributed by atoms with van der Waals surface area (Å²) in [7, 11) is 1.98. The molecule has 0 aromatic heterocycles. The lowest BCUT2D eigenvalue weighted by Gasteiger charge is -2.27. The van der Waals surface area contributed by atoms with E-state index in [-0.39, 0.29) is 30.7 Å². The molecule has 0 radical (unpaired) electrons. The van der Waals surface area contributed by atoms with E-state index in [4.69, 9.17) is 0 Å². The van der Waals surface area contributed by atoms with Gasteiger partial charge in [0.2, 0.25) is 5.91 Å². The molecule has 2 saturated heterocycles. The summed E-state index contributed by atoms with van der Waals surface area (Å²) in [5, 5.41) is 3.42. The number of benzene rings is 1. The standard InChI is InChI=1S/C20H29N3O.2ClH/c1-22(19(24)17-14-20(17)8-10-21-11-9-20)15-16-6-2-3-7-18(16)23-12-4-5-13-23;;/h2-3,6-7,17,21H,4-5,8-15H2,1H3;2*1H. The van der Waals surface area contributed by atoms with Crippen LogP contribution in [0.1, 0.15) is 37.7 Å². The van der Waals surface area contributed by atoms with E-state index in [1.807, 2.05) is 11.9 Å². The molecule has 1 spiro atoms. The summed E-state index contributed by atoms with van der Waals surface area (Å²) in [5.41, 5.74) is 2.93. The van der Waals surface area contributed by atoms with Crippen LogP contribution in [-0.2, 0) is 11.3 Å². The van der Waals surface area contributed by atoms with Crippen molar-refractivity contribution in [2.24, 2.45) is 11.3 Å². The van der Waals surface area contributed by atoms with Gasteiger partial charge >= 0.3 is 0 Å².